The Labute approximate surface area is 158 Å². The van der Waals surface area contributed by atoms with Crippen LogP contribution in [0.15, 0.2) is 30.3 Å². The van der Waals surface area contributed by atoms with Gasteiger partial charge in [-0.25, -0.2) is 4.98 Å². The number of imidazole rings is 1. The van der Waals surface area contributed by atoms with Gasteiger partial charge in [0.15, 0.2) is 0 Å². The van der Waals surface area contributed by atoms with E-state index in [0.717, 1.165) is 31.2 Å². The van der Waals surface area contributed by atoms with Crippen LogP contribution in [-0.2, 0) is 17.9 Å². The third kappa shape index (κ3) is 7.00. The van der Waals surface area contributed by atoms with Crippen LogP contribution in [0.5, 0.6) is 0 Å². The maximum atomic E-state index is 9.06. The Morgan fingerprint density at radius 1 is 1.27 bits per heavy atom. The Kier molecular flexibility index (Phi) is 9.07. The summed E-state index contributed by atoms with van der Waals surface area (Å²) >= 11 is 0. The molecule has 5 nitrogen and oxygen atoms in total. The number of hydrogen-bond donors (Lipinski definition) is 2. The van der Waals surface area contributed by atoms with E-state index in [9.17, 15) is 0 Å². The van der Waals surface area contributed by atoms with Crippen LogP contribution >= 0.6 is 0 Å². The Balaban J connectivity index is 0.000000284. The fraction of sp³-hybridized carbons (Fsp3) is 0.524. The summed E-state index contributed by atoms with van der Waals surface area (Å²) in [5.41, 5.74) is 4.22. The average molecular weight is 359 g/mol. The molecule has 2 N–H and O–H groups in total. The van der Waals surface area contributed by atoms with E-state index in [4.69, 9.17) is 4.79 Å². The average Bonchev–Trinajstić information content (AvgIpc) is 3.00. The number of hydrogen-bond acceptors (Lipinski definition) is 3. The molecule has 0 bridgehead atoms. The minimum Gasteiger partial charge on any atom is -0.362 e. The van der Waals surface area contributed by atoms with Gasteiger partial charge >= 0.3 is 0 Å². The van der Waals surface area contributed by atoms with Crippen LogP contribution in [0.2, 0.25) is 0 Å². The lowest BCUT2D eigenvalue weighted by Gasteiger charge is -2.18. The largest absolute Gasteiger partial charge is 0.362 e. The molecule has 1 aromatic heterocycles. The molecule has 144 valence electrons. The van der Waals surface area contributed by atoms with Crippen LogP contribution in [0.25, 0.3) is 11.4 Å². The third-order valence-corrected chi connectivity index (χ3v) is 4.29. The number of rotatable bonds is 2. The second-order valence-corrected chi connectivity index (χ2v) is 7.48. The van der Waals surface area contributed by atoms with Gasteiger partial charge in [0.1, 0.15) is 5.82 Å². The maximum Gasteiger partial charge on any atom is 0.206 e. The zero-order valence-corrected chi connectivity index (χ0v) is 17.1. The Hall–Kier alpha value is -2.14. The second-order valence-electron chi connectivity index (χ2n) is 7.48. The highest BCUT2D eigenvalue weighted by atomic mass is 16.1. The summed E-state index contributed by atoms with van der Waals surface area (Å²) in [5, 5.41) is 5.64. The first kappa shape index (κ1) is 21.9. The Bertz CT molecular complexity index is 657. The summed E-state index contributed by atoms with van der Waals surface area (Å²) in [6, 6.07) is 10.4. The van der Waals surface area contributed by atoms with Gasteiger partial charge in [-0.3, -0.25) is 4.79 Å². The molecule has 26 heavy (non-hydrogen) atoms. The molecule has 0 unspecified atom stereocenters. The molecule has 0 saturated carbocycles. The monoisotopic (exact) mass is 358 g/mol. The molecule has 0 saturated heterocycles. The number of nitrogens with zero attached hydrogens (tertiary/aromatic N) is 2. The number of nitrogens with one attached hydrogen (secondary N) is 2. The summed E-state index contributed by atoms with van der Waals surface area (Å²) in [6.07, 6.45) is 1.90. The number of aryl methyl sites for hydroxylation is 1. The van der Waals surface area contributed by atoms with Crippen molar-refractivity contribution >= 4 is 6.41 Å². The van der Waals surface area contributed by atoms with Crippen LogP contribution in [0.3, 0.4) is 0 Å². The van der Waals surface area contributed by atoms with Gasteiger partial charge in [0.25, 0.3) is 0 Å². The number of carbonyl (C=O) groups is 1. The van der Waals surface area contributed by atoms with E-state index in [1.54, 1.807) is 7.05 Å². The SMILES string of the molecule is CCC(C)(C)C.CNC=O.Cc1nc(-c2ccccc2)n2c1CNCC2. The minimum atomic E-state index is 0.542. The van der Waals surface area contributed by atoms with E-state index in [1.807, 2.05) is 6.07 Å². The number of aromatic nitrogens is 2. The minimum absolute atomic E-state index is 0.542. The lowest BCUT2D eigenvalue weighted by molar-refractivity contribution is -0.109. The highest BCUT2D eigenvalue weighted by Gasteiger charge is 2.17. The molecule has 3 rings (SSSR count). The molecular formula is C21H34N4O. The first-order valence-electron chi connectivity index (χ1n) is 9.27. The molecule has 1 aliphatic rings. The topological polar surface area (TPSA) is 59.0 Å². The number of fused-ring (bicyclic) bond motifs is 1. The van der Waals surface area contributed by atoms with E-state index >= 15 is 0 Å². The van der Waals surface area contributed by atoms with E-state index < -0.39 is 0 Å². The highest BCUT2D eigenvalue weighted by molar-refractivity contribution is 5.57. The van der Waals surface area contributed by atoms with Gasteiger partial charge in [0.05, 0.1) is 11.4 Å². The van der Waals surface area contributed by atoms with Crippen molar-refractivity contribution in [2.75, 3.05) is 13.6 Å². The van der Waals surface area contributed by atoms with Crippen molar-refractivity contribution in [3.63, 3.8) is 0 Å². The van der Waals surface area contributed by atoms with Crippen LogP contribution in [-0.4, -0.2) is 29.6 Å². The van der Waals surface area contributed by atoms with E-state index in [0.29, 0.717) is 11.8 Å². The molecule has 1 aromatic carbocycles. The predicted molar refractivity (Wildman–Crippen MR) is 109 cm³/mol. The molecule has 2 aromatic rings. The third-order valence-electron chi connectivity index (χ3n) is 4.29. The van der Waals surface area contributed by atoms with Crippen LogP contribution in [0.4, 0.5) is 0 Å². The van der Waals surface area contributed by atoms with Crippen molar-refractivity contribution in [3.05, 3.63) is 41.7 Å². The van der Waals surface area contributed by atoms with Crippen molar-refractivity contribution in [3.8, 4) is 11.4 Å². The number of carbonyl (C=O) groups excluding carboxylic acids is 1. The Morgan fingerprint density at radius 3 is 2.35 bits per heavy atom. The quantitative estimate of drug-likeness (QED) is 0.804. The normalized spacial score (nSPS) is 12.7. The first-order chi connectivity index (χ1) is 12.3. The first-order valence-corrected chi connectivity index (χ1v) is 9.27. The van der Waals surface area contributed by atoms with Crippen molar-refractivity contribution in [1.29, 1.82) is 0 Å². The molecule has 1 amide bonds. The van der Waals surface area contributed by atoms with Crippen molar-refractivity contribution in [2.24, 2.45) is 5.41 Å². The van der Waals surface area contributed by atoms with Crippen molar-refractivity contribution < 1.29 is 4.79 Å². The zero-order chi connectivity index (χ0) is 19.6. The maximum absolute atomic E-state index is 9.06. The smallest absolute Gasteiger partial charge is 0.206 e. The fourth-order valence-electron chi connectivity index (χ4n) is 2.28. The van der Waals surface area contributed by atoms with E-state index in [-0.39, 0.29) is 0 Å². The molecule has 0 fully saturated rings. The van der Waals surface area contributed by atoms with E-state index in [2.05, 4.69) is 79.1 Å². The molecule has 0 radical (unpaired) electrons. The molecule has 5 heteroatoms. The van der Waals surface area contributed by atoms with Gasteiger partial charge in [0, 0.05) is 32.2 Å². The fourth-order valence-corrected chi connectivity index (χ4v) is 2.28. The summed E-state index contributed by atoms with van der Waals surface area (Å²) in [4.78, 5) is 13.7. The van der Waals surface area contributed by atoms with Gasteiger partial charge in [-0.1, -0.05) is 64.4 Å². The summed E-state index contributed by atoms with van der Waals surface area (Å²) in [6.45, 7) is 14.0. The summed E-state index contributed by atoms with van der Waals surface area (Å²) < 4.78 is 2.33. The molecule has 2 heterocycles. The van der Waals surface area contributed by atoms with Gasteiger partial charge in [-0.15, -0.1) is 0 Å². The van der Waals surface area contributed by atoms with Crippen LogP contribution < -0.4 is 10.6 Å². The molecule has 0 atom stereocenters. The molecular weight excluding hydrogens is 324 g/mol. The standard InChI is InChI=1S/C13H15N3.C6H14.C2H5NO/c1-10-12-9-14-7-8-16(12)13(15-10)11-5-3-2-4-6-11;1-5-6(2,3)4;1-3-2-4/h2-6,14H,7-9H2,1H3;5H2,1-4H3;2H,1H3,(H,3,4). The van der Waals surface area contributed by atoms with Crippen LogP contribution in [0.1, 0.15) is 45.5 Å². The Morgan fingerprint density at radius 2 is 1.85 bits per heavy atom. The highest BCUT2D eigenvalue weighted by Crippen LogP contribution is 2.23. The number of amides is 1. The number of benzene rings is 1. The molecule has 0 aliphatic carbocycles. The van der Waals surface area contributed by atoms with Crippen molar-refractivity contribution in [1.82, 2.24) is 20.2 Å². The van der Waals surface area contributed by atoms with Gasteiger partial charge < -0.3 is 15.2 Å². The predicted octanol–water partition coefficient (Wildman–Crippen LogP) is 3.77. The lowest BCUT2D eigenvalue weighted by Crippen LogP contribution is -2.28. The van der Waals surface area contributed by atoms with Gasteiger partial charge in [-0.2, -0.15) is 0 Å². The van der Waals surface area contributed by atoms with Crippen molar-refractivity contribution in [2.45, 2.75) is 54.1 Å². The lowest BCUT2D eigenvalue weighted by atomic mass is 9.94. The van der Waals surface area contributed by atoms with Gasteiger partial charge in [0.2, 0.25) is 6.41 Å². The zero-order valence-electron chi connectivity index (χ0n) is 17.1. The van der Waals surface area contributed by atoms with Crippen LogP contribution in [0, 0.1) is 12.3 Å². The van der Waals surface area contributed by atoms with Gasteiger partial charge in [-0.05, 0) is 12.3 Å². The molecule has 1 aliphatic heterocycles. The summed E-state index contributed by atoms with van der Waals surface area (Å²) in [5.74, 6) is 1.11. The second kappa shape index (κ2) is 10.8. The molecule has 0 spiro atoms. The van der Waals surface area contributed by atoms with E-state index in [1.165, 1.54) is 17.7 Å². The summed E-state index contributed by atoms with van der Waals surface area (Å²) in [7, 11) is 1.56.